The summed E-state index contributed by atoms with van der Waals surface area (Å²) in [5, 5.41) is 14.7. The van der Waals surface area contributed by atoms with Gasteiger partial charge in [-0.2, -0.15) is 0 Å². The van der Waals surface area contributed by atoms with E-state index in [-0.39, 0.29) is 17.6 Å². The fourth-order valence-electron chi connectivity index (χ4n) is 3.36. The minimum Gasteiger partial charge on any atom is -0.478 e. The van der Waals surface area contributed by atoms with Crippen LogP contribution in [0.15, 0.2) is 24.3 Å². The van der Waals surface area contributed by atoms with Gasteiger partial charge in [0.25, 0.3) is 0 Å². The number of carbonyl (C=O) groups is 2. The lowest BCUT2D eigenvalue weighted by Gasteiger charge is -2.21. The smallest absolute Gasteiger partial charge is 0.337 e. The first kappa shape index (κ1) is 13.9. The van der Waals surface area contributed by atoms with Crippen LogP contribution in [0.2, 0.25) is 0 Å². The second kappa shape index (κ2) is 5.73. The van der Waals surface area contributed by atoms with Gasteiger partial charge in [-0.3, -0.25) is 4.90 Å². The van der Waals surface area contributed by atoms with E-state index in [0.29, 0.717) is 11.7 Å². The summed E-state index contributed by atoms with van der Waals surface area (Å²) in [4.78, 5) is 25.6. The molecule has 3 rings (SSSR count). The maximum Gasteiger partial charge on any atom is 0.337 e. The number of urea groups is 1. The van der Waals surface area contributed by atoms with Crippen LogP contribution < -0.4 is 10.6 Å². The number of nitrogens with zero attached hydrogens (tertiary/aromatic N) is 1. The number of para-hydroxylation sites is 1. The van der Waals surface area contributed by atoms with Crippen LogP contribution in [-0.2, 0) is 0 Å². The van der Waals surface area contributed by atoms with Crippen LogP contribution in [0.1, 0.15) is 29.6 Å². The summed E-state index contributed by atoms with van der Waals surface area (Å²) in [5.41, 5.74) is 0.422. The van der Waals surface area contributed by atoms with Gasteiger partial charge in [-0.25, -0.2) is 9.59 Å². The molecule has 6 nitrogen and oxygen atoms in total. The van der Waals surface area contributed by atoms with Crippen molar-refractivity contribution in [3.8, 4) is 0 Å². The lowest BCUT2D eigenvalue weighted by Crippen LogP contribution is -2.44. The molecule has 2 unspecified atom stereocenters. The Morgan fingerprint density at radius 2 is 2.00 bits per heavy atom. The fraction of sp³-hybridized carbons (Fsp3) is 0.467. The molecule has 0 bridgehead atoms. The van der Waals surface area contributed by atoms with Gasteiger partial charge < -0.3 is 15.7 Å². The zero-order chi connectivity index (χ0) is 14.8. The normalized spacial score (nSPS) is 24.6. The molecular formula is C15H19N3O3. The molecule has 0 aromatic heterocycles. The Hall–Kier alpha value is -2.08. The standard InChI is InChI=1S/C15H19N3O3/c19-14(20)10-4-1-2-5-11(10)16-15(21)17-12-7-9-18-8-3-6-13(12)18/h1-2,4-5,12-13H,3,6-9H2,(H,19,20)(H2,16,17,21). The molecule has 2 aliphatic rings. The molecule has 2 aliphatic heterocycles. The van der Waals surface area contributed by atoms with Crippen LogP contribution in [0.25, 0.3) is 0 Å². The largest absolute Gasteiger partial charge is 0.478 e. The molecule has 0 aliphatic carbocycles. The molecule has 2 saturated heterocycles. The Morgan fingerprint density at radius 1 is 1.19 bits per heavy atom. The number of hydrogen-bond acceptors (Lipinski definition) is 3. The molecule has 21 heavy (non-hydrogen) atoms. The monoisotopic (exact) mass is 289 g/mol. The van der Waals surface area contributed by atoms with Gasteiger partial charge in [-0.15, -0.1) is 0 Å². The average molecular weight is 289 g/mol. The van der Waals surface area contributed by atoms with Crippen LogP contribution in [0, 0.1) is 0 Å². The number of rotatable bonds is 3. The Morgan fingerprint density at radius 3 is 2.81 bits per heavy atom. The highest BCUT2D eigenvalue weighted by Gasteiger charge is 2.37. The quantitative estimate of drug-likeness (QED) is 0.791. The van der Waals surface area contributed by atoms with Crippen LogP contribution in [0.4, 0.5) is 10.5 Å². The molecule has 0 saturated carbocycles. The van der Waals surface area contributed by atoms with E-state index in [1.165, 1.54) is 12.5 Å². The first-order chi connectivity index (χ1) is 10.1. The highest BCUT2D eigenvalue weighted by atomic mass is 16.4. The zero-order valence-electron chi connectivity index (χ0n) is 11.7. The topological polar surface area (TPSA) is 81.7 Å². The highest BCUT2D eigenvalue weighted by molar-refractivity contribution is 6.00. The van der Waals surface area contributed by atoms with E-state index in [1.54, 1.807) is 18.2 Å². The van der Waals surface area contributed by atoms with Crippen LogP contribution in [0.5, 0.6) is 0 Å². The molecular weight excluding hydrogens is 270 g/mol. The van der Waals surface area contributed by atoms with Crippen molar-refractivity contribution in [3.63, 3.8) is 0 Å². The number of carboxylic acid groups (broad SMARTS) is 1. The van der Waals surface area contributed by atoms with Gasteiger partial charge in [-0.1, -0.05) is 12.1 Å². The van der Waals surface area contributed by atoms with Crippen molar-refractivity contribution in [3.05, 3.63) is 29.8 Å². The van der Waals surface area contributed by atoms with Crippen molar-refractivity contribution in [1.82, 2.24) is 10.2 Å². The number of fused-ring (bicyclic) bond motifs is 1. The van der Waals surface area contributed by atoms with Gasteiger partial charge >= 0.3 is 12.0 Å². The van der Waals surface area contributed by atoms with E-state index in [0.717, 1.165) is 25.9 Å². The summed E-state index contributed by atoms with van der Waals surface area (Å²) in [6.07, 6.45) is 3.27. The van der Waals surface area contributed by atoms with Crippen molar-refractivity contribution in [2.75, 3.05) is 18.4 Å². The van der Waals surface area contributed by atoms with Gasteiger partial charge in [-0.05, 0) is 37.9 Å². The SMILES string of the molecule is O=C(Nc1ccccc1C(=O)O)NC1CCN2CCCC12. The first-order valence-corrected chi connectivity index (χ1v) is 7.29. The Bertz CT molecular complexity index is 561. The number of carboxylic acids is 1. The molecule has 2 atom stereocenters. The highest BCUT2D eigenvalue weighted by Crippen LogP contribution is 2.28. The van der Waals surface area contributed by atoms with Crippen molar-refractivity contribution in [2.24, 2.45) is 0 Å². The van der Waals surface area contributed by atoms with Gasteiger partial charge in [0.1, 0.15) is 0 Å². The molecule has 2 fully saturated rings. The summed E-state index contributed by atoms with van der Waals surface area (Å²) in [6.45, 7) is 2.15. The van der Waals surface area contributed by atoms with E-state index in [9.17, 15) is 9.59 Å². The van der Waals surface area contributed by atoms with Crippen molar-refractivity contribution in [1.29, 1.82) is 0 Å². The average Bonchev–Trinajstić information content (AvgIpc) is 3.04. The number of amides is 2. The predicted octanol–water partition coefficient (Wildman–Crippen LogP) is 1.74. The summed E-state index contributed by atoms with van der Waals surface area (Å²) >= 11 is 0. The van der Waals surface area contributed by atoms with E-state index >= 15 is 0 Å². The summed E-state index contributed by atoms with van der Waals surface area (Å²) in [7, 11) is 0. The number of aromatic carboxylic acids is 1. The van der Waals surface area contributed by atoms with Gasteiger partial charge in [0.2, 0.25) is 0 Å². The minimum absolute atomic E-state index is 0.0987. The van der Waals surface area contributed by atoms with E-state index < -0.39 is 5.97 Å². The maximum absolute atomic E-state index is 12.1. The molecule has 0 spiro atoms. The predicted molar refractivity (Wildman–Crippen MR) is 78.6 cm³/mol. The number of benzene rings is 1. The molecule has 0 radical (unpaired) electrons. The van der Waals surface area contributed by atoms with E-state index in [4.69, 9.17) is 5.11 Å². The van der Waals surface area contributed by atoms with Crippen molar-refractivity contribution >= 4 is 17.7 Å². The molecule has 6 heteroatoms. The Balaban J connectivity index is 1.63. The third-order valence-electron chi connectivity index (χ3n) is 4.33. The second-order valence-electron chi connectivity index (χ2n) is 5.59. The second-order valence-corrected chi connectivity index (χ2v) is 5.59. The Labute approximate surface area is 123 Å². The molecule has 2 heterocycles. The molecule has 3 N–H and O–H groups in total. The third kappa shape index (κ3) is 2.85. The lowest BCUT2D eigenvalue weighted by atomic mass is 10.1. The molecule has 1 aromatic carbocycles. The fourth-order valence-corrected chi connectivity index (χ4v) is 3.36. The summed E-state index contributed by atoms with van der Waals surface area (Å²) < 4.78 is 0. The number of nitrogens with one attached hydrogen (secondary N) is 2. The van der Waals surface area contributed by atoms with E-state index in [1.807, 2.05) is 0 Å². The number of carbonyl (C=O) groups excluding carboxylic acids is 1. The molecule has 112 valence electrons. The molecule has 2 amide bonds. The third-order valence-corrected chi connectivity index (χ3v) is 4.33. The summed E-state index contributed by atoms with van der Waals surface area (Å²) in [5.74, 6) is -1.05. The Kier molecular flexibility index (Phi) is 3.79. The van der Waals surface area contributed by atoms with E-state index in [2.05, 4.69) is 15.5 Å². The van der Waals surface area contributed by atoms with Gasteiger partial charge in [0, 0.05) is 18.6 Å². The van der Waals surface area contributed by atoms with Gasteiger partial charge in [0.15, 0.2) is 0 Å². The summed E-state index contributed by atoms with van der Waals surface area (Å²) in [6, 6.07) is 6.68. The van der Waals surface area contributed by atoms with Crippen molar-refractivity contribution < 1.29 is 14.7 Å². The van der Waals surface area contributed by atoms with Crippen molar-refractivity contribution in [2.45, 2.75) is 31.3 Å². The van der Waals surface area contributed by atoms with Crippen LogP contribution in [-0.4, -0.2) is 47.2 Å². The van der Waals surface area contributed by atoms with Gasteiger partial charge in [0.05, 0.1) is 11.3 Å². The first-order valence-electron chi connectivity index (χ1n) is 7.29. The number of hydrogen-bond donors (Lipinski definition) is 3. The van der Waals surface area contributed by atoms with Crippen LogP contribution >= 0.6 is 0 Å². The number of anilines is 1. The maximum atomic E-state index is 12.1. The van der Waals surface area contributed by atoms with Crippen LogP contribution in [0.3, 0.4) is 0 Å². The molecule has 1 aromatic rings. The zero-order valence-corrected chi connectivity index (χ0v) is 11.7. The minimum atomic E-state index is -1.05. The lowest BCUT2D eigenvalue weighted by molar-refractivity contribution is 0.0698.